The molecule has 0 N–H and O–H groups in total. The molecule has 0 aliphatic heterocycles. The van der Waals surface area contributed by atoms with Crippen LogP contribution >= 0.6 is 45.6 Å². The average Bonchev–Trinajstić information content (AvgIpc) is 2.68. The van der Waals surface area contributed by atoms with E-state index in [2.05, 4.69) is 43.6 Å². The van der Waals surface area contributed by atoms with E-state index < -0.39 is 0 Å². The first-order valence-corrected chi connectivity index (χ1v) is 9.33. The first kappa shape index (κ1) is 15.7. The zero-order valence-corrected chi connectivity index (χ0v) is 13.9. The number of nitrogens with zero attached hydrogens (tertiary/aromatic N) is 2. The second-order valence-electron chi connectivity index (χ2n) is 4.59. The summed E-state index contributed by atoms with van der Waals surface area (Å²) in [5, 5.41) is 7.97. The van der Waals surface area contributed by atoms with Gasteiger partial charge in [0.05, 0.1) is 0 Å². The maximum absolute atomic E-state index is 4.17. The Kier molecular flexibility index (Phi) is 7.30. The minimum atomic E-state index is 0.306. The van der Waals surface area contributed by atoms with Crippen LogP contribution in [0.4, 0.5) is 0 Å². The summed E-state index contributed by atoms with van der Waals surface area (Å²) >= 11 is 5.72. The highest BCUT2D eigenvalue weighted by Crippen LogP contribution is 2.44. The molecule has 0 amide bonds. The highest BCUT2D eigenvalue weighted by atomic mass is 33.1. The zero-order valence-electron chi connectivity index (χ0n) is 10.6. The second kappa shape index (κ2) is 7.92. The lowest BCUT2D eigenvalue weighted by Gasteiger charge is -2.22. The summed E-state index contributed by atoms with van der Waals surface area (Å²) in [6.07, 6.45) is 6.59. The number of aromatic nitrogens is 2. The molecule has 98 valence electrons. The zero-order chi connectivity index (χ0) is 12.7. The van der Waals surface area contributed by atoms with Crippen LogP contribution in [0.1, 0.15) is 52.9 Å². The van der Waals surface area contributed by atoms with Crippen LogP contribution in [0, 0.1) is 0 Å². The van der Waals surface area contributed by atoms with E-state index in [-0.39, 0.29) is 0 Å². The Morgan fingerprint density at radius 2 is 2.00 bits per heavy atom. The van der Waals surface area contributed by atoms with E-state index in [1.165, 1.54) is 32.1 Å². The Morgan fingerprint density at radius 1 is 1.24 bits per heavy atom. The third-order valence-corrected chi connectivity index (χ3v) is 7.11. The highest BCUT2D eigenvalue weighted by molar-refractivity contribution is 8.77. The van der Waals surface area contributed by atoms with Gasteiger partial charge in [-0.05, 0) is 31.1 Å². The van der Waals surface area contributed by atoms with Gasteiger partial charge in [0.2, 0.25) is 0 Å². The monoisotopic (exact) mass is 308 g/mol. The topological polar surface area (TPSA) is 25.8 Å². The molecule has 0 fully saturated rings. The third kappa shape index (κ3) is 6.94. The molecular formula is C11H20N2S4. The van der Waals surface area contributed by atoms with Crippen LogP contribution in [0.15, 0.2) is 8.68 Å². The van der Waals surface area contributed by atoms with Crippen molar-refractivity contribution in [3.05, 3.63) is 0 Å². The summed E-state index contributed by atoms with van der Waals surface area (Å²) in [5.74, 6) is 0. The van der Waals surface area contributed by atoms with E-state index >= 15 is 0 Å². The Morgan fingerprint density at radius 3 is 2.59 bits per heavy atom. The van der Waals surface area contributed by atoms with E-state index in [1.807, 2.05) is 10.8 Å². The lowest BCUT2D eigenvalue weighted by atomic mass is 10.0. The number of thiol groups is 1. The lowest BCUT2D eigenvalue weighted by Crippen LogP contribution is -2.12. The molecule has 0 aliphatic rings. The standard InChI is InChI=1S/C11H20N2S4/c1-4-5-6-7-8-11(2,3)17-16-10-13-12-9(14)15-10/h4-8H2,1-3H3,(H,12,14). The third-order valence-electron chi connectivity index (χ3n) is 2.37. The summed E-state index contributed by atoms with van der Waals surface area (Å²) in [6, 6.07) is 0. The fourth-order valence-electron chi connectivity index (χ4n) is 1.40. The summed E-state index contributed by atoms with van der Waals surface area (Å²) < 4.78 is 2.05. The van der Waals surface area contributed by atoms with Crippen LogP contribution < -0.4 is 0 Å². The SMILES string of the molecule is CCCCCCC(C)(C)SSc1nnc(S)s1. The van der Waals surface area contributed by atoms with Crippen LogP contribution in [-0.2, 0) is 0 Å². The second-order valence-corrected chi connectivity index (χ2v) is 9.37. The summed E-state index contributed by atoms with van der Waals surface area (Å²) in [5.41, 5.74) is 0. The molecule has 0 atom stereocenters. The quantitative estimate of drug-likeness (QED) is 0.399. The van der Waals surface area contributed by atoms with Crippen molar-refractivity contribution >= 4 is 45.6 Å². The van der Waals surface area contributed by atoms with E-state index in [9.17, 15) is 0 Å². The Hall–Kier alpha value is 0.610. The largest absolute Gasteiger partial charge is 0.185 e. The molecule has 1 heterocycles. The van der Waals surface area contributed by atoms with Gasteiger partial charge in [0.15, 0.2) is 8.68 Å². The maximum Gasteiger partial charge on any atom is 0.185 e. The van der Waals surface area contributed by atoms with E-state index in [0.717, 1.165) is 8.68 Å². The molecule has 6 heteroatoms. The van der Waals surface area contributed by atoms with Gasteiger partial charge < -0.3 is 0 Å². The van der Waals surface area contributed by atoms with Crippen molar-refractivity contribution < 1.29 is 0 Å². The Labute approximate surface area is 122 Å². The molecule has 0 unspecified atom stereocenters. The van der Waals surface area contributed by atoms with Crippen LogP contribution in [0.5, 0.6) is 0 Å². The van der Waals surface area contributed by atoms with E-state index in [4.69, 9.17) is 0 Å². The van der Waals surface area contributed by atoms with Gasteiger partial charge in [-0.3, -0.25) is 0 Å². The van der Waals surface area contributed by atoms with Crippen molar-refractivity contribution in [3.8, 4) is 0 Å². The van der Waals surface area contributed by atoms with Crippen molar-refractivity contribution in [2.75, 3.05) is 0 Å². The molecule has 1 rings (SSSR count). The maximum atomic E-state index is 4.17. The predicted molar refractivity (Wildman–Crippen MR) is 83.4 cm³/mol. The van der Waals surface area contributed by atoms with E-state index in [0.29, 0.717) is 4.75 Å². The Balaban J connectivity index is 2.24. The molecule has 0 saturated heterocycles. The van der Waals surface area contributed by atoms with Gasteiger partial charge in [-0.15, -0.1) is 22.8 Å². The summed E-state index contributed by atoms with van der Waals surface area (Å²) in [4.78, 5) is 0. The summed E-state index contributed by atoms with van der Waals surface area (Å²) in [6.45, 7) is 6.86. The number of unbranched alkanes of at least 4 members (excludes halogenated alkanes) is 3. The van der Waals surface area contributed by atoms with Gasteiger partial charge >= 0.3 is 0 Å². The van der Waals surface area contributed by atoms with Crippen molar-refractivity contribution in [2.45, 2.75) is 66.3 Å². The van der Waals surface area contributed by atoms with Gasteiger partial charge in [0.25, 0.3) is 0 Å². The van der Waals surface area contributed by atoms with Crippen molar-refractivity contribution in [1.82, 2.24) is 10.2 Å². The molecule has 0 aliphatic carbocycles. The van der Waals surface area contributed by atoms with Crippen LogP contribution in [0.2, 0.25) is 0 Å². The molecule has 0 spiro atoms. The summed E-state index contributed by atoms with van der Waals surface area (Å²) in [7, 11) is 3.62. The molecule has 0 radical (unpaired) electrons. The molecular weight excluding hydrogens is 288 g/mol. The molecule has 1 aromatic rings. The predicted octanol–water partition coefficient (Wildman–Crippen LogP) is 5.32. The fraction of sp³-hybridized carbons (Fsp3) is 0.818. The van der Waals surface area contributed by atoms with Gasteiger partial charge in [0.1, 0.15) is 0 Å². The Bertz CT molecular complexity index is 325. The first-order chi connectivity index (χ1) is 8.03. The molecule has 17 heavy (non-hydrogen) atoms. The molecule has 2 nitrogen and oxygen atoms in total. The number of hydrogen-bond acceptors (Lipinski definition) is 6. The van der Waals surface area contributed by atoms with E-state index in [1.54, 1.807) is 22.1 Å². The number of rotatable bonds is 8. The molecule has 0 saturated carbocycles. The van der Waals surface area contributed by atoms with Crippen LogP contribution in [0.3, 0.4) is 0 Å². The van der Waals surface area contributed by atoms with Crippen molar-refractivity contribution in [2.24, 2.45) is 0 Å². The van der Waals surface area contributed by atoms with Crippen LogP contribution in [0.25, 0.3) is 0 Å². The molecule has 1 aromatic heterocycles. The molecule has 0 bridgehead atoms. The highest BCUT2D eigenvalue weighted by Gasteiger charge is 2.19. The van der Waals surface area contributed by atoms with Gasteiger partial charge in [-0.1, -0.05) is 54.7 Å². The van der Waals surface area contributed by atoms with Gasteiger partial charge in [-0.2, -0.15) is 0 Å². The first-order valence-electron chi connectivity index (χ1n) is 5.91. The fourth-order valence-corrected chi connectivity index (χ4v) is 5.04. The van der Waals surface area contributed by atoms with Gasteiger partial charge in [0, 0.05) is 4.75 Å². The normalized spacial score (nSPS) is 12.0. The molecule has 0 aromatic carbocycles. The smallest absolute Gasteiger partial charge is 0.131 e. The minimum absolute atomic E-state index is 0.306. The average molecular weight is 309 g/mol. The van der Waals surface area contributed by atoms with Crippen LogP contribution in [-0.4, -0.2) is 14.9 Å². The van der Waals surface area contributed by atoms with Gasteiger partial charge in [-0.25, -0.2) is 0 Å². The lowest BCUT2D eigenvalue weighted by molar-refractivity contribution is 0.561. The van der Waals surface area contributed by atoms with Crippen molar-refractivity contribution in [3.63, 3.8) is 0 Å². The van der Waals surface area contributed by atoms with Crippen molar-refractivity contribution in [1.29, 1.82) is 0 Å². The minimum Gasteiger partial charge on any atom is -0.131 e. The number of hydrogen-bond donors (Lipinski definition) is 1.